The van der Waals surface area contributed by atoms with E-state index in [1.807, 2.05) is 36.4 Å². The molecule has 0 saturated carbocycles. The smallest absolute Gasteiger partial charge is 0.407 e. The van der Waals surface area contributed by atoms with E-state index in [0.29, 0.717) is 6.42 Å². The van der Waals surface area contributed by atoms with Crippen LogP contribution in [0.5, 0.6) is 0 Å². The first-order valence-electron chi connectivity index (χ1n) is 13.6. The number of benzene rings is 2. The van der Waals surface area contributed by atoms with Gasteiger partial charge in [0.1, 0.15) is 18.1 Å². The Labute approximate surface area is 244 Å². The molecule has 42 heavy (non-hydrogen) atoms. The van der Waals surface area contributed by atoms with Gasteiger partial charge in [-0.2, -0.15) is 0 Å². The maximum absolute atomic E-state index is 12.9. The van der Waals surface area contributed by atoms with E-state index in [0.717, 1.165) is 11.1 Å². The zero-order chi connectivity index (χ0) is 31.1. The molecule has 0 aliphatic heterocycles. The van der Waals surface area contributed by atoms with Crippen molar-refractivity contribution in [1.82, 2.24) is 21.3 Å². The molecule has 0 spiro atoms. The molecular formula is C30H38N4O8. The van der Waals surface area contributed by atoms with Crippen molar-refractivity contribution in [3.8, 4) is 0 Å². The van der Waals surface area contributed by atoms with Crippen molar-refractivity contribution in [3.05, 3.63) is 71.8 Å². The number of carboxylic acid groups (broad SMARTS) is 1. The van der Waals surface area contributed by atoms with Crippen LogP contribution in [0.25, 0.3) is 0 Å². The molecule has 0 aromatic heterocycles. The highest BCUT2D eigenvalue weighted by molar-refractivity contribution is 5.96. The van der Waals surface area contributed by atoms with Crippen LogP contribution in [0.1, 0.15) is 44.7 Å². The number of carboxylic acids is 1. The highest BCUT2D eigenvalue weighted by atomic mass is 16.6. The Morgan fingerprint density at radius 3 is 1.95 bits per heavy atom. The van der Waals surface area contributed by atoms with Gasteiger partial charge in [-0.1, -0.05) is 74.5 Å². The molecule has 0 aliphatic rings. The lowest BCUT2D eigenvalue weighted by atomic mass is 10.0. The van der Waals surface area contributed by atoms with E-state index in [2.05, 4.69) is 21.3 Å². The van der Waals surface area contributed by atoms with Gasteiger partial charge in [-0.15, -0.1) is 0 Å². The molecule has 1 unspecified atom stereocenters. The van der Waals surface area contributed by atoms with E-state index >= 15 is 0 Å². The van der Waals surface area contributed by atoms with Crippen LogP contribution in [0, 0.1) is 5.92 Å². The predicted molar refractivity (Wildman–Crippen MR) is 153 cm³/mol. The Bertz CT molecular complexity index is 1220. The number of aliphatic carboxylic acids is 1. The number of rotatable bonds is 16. The summed E-state index contributed by atoms with van der Waals surface area (Å²) in [5.41, 5.74) is 1.78. The Morgan fingerprint density at radius 1 is 0.786 bits per heavy atom. The molecule has 2 rings (SSSR count). The monoisotopic (exact) mass is 582 g/mol. The van der Waals surface area contributed by atoms with Gasteiger partial charge in [0.2, 0.25) is 17.7 Å². The molecule has 0 heterocycles. The second-order valence-electron chi connectivity index (χ2n) is 10.0. The number of ether oxygens (including phenoxy) is 1. The first kappa shape index (κ1) is 33.5. The SMILES string of the molecule is CC(C)[C@H](NC(=O)CCc1ccccc1)C(=O)N[C@@H](C)C(=O)NC(CC(=O)O)C(=O)COC(=O)NCc1ccccc1. The third-order valence-corrected chi connectivity index (χ3v) is 6.21. The van der Waals surface area contributed by atoms with E-state index < -0.39 is 60.8 Å². The van der Waals surface area contributed by atoms with Crippen molar-refractivity contribution in [2.45, 2.75) is 64.7 Å². The van der Waals surface area contributed by atoms with Crippen LogP contribution in [0.4, 0.5) is 4.79 Å². The Hall–Kier alpha value is -4.74. The fourth-order valence-electron chi connectivity index (χ4n) is 3.83. The Balaban J connectivity index is 1.88. The third kappa shape index (κ3) is 12.2. The average Bonchev–Trinajstić information content (AvgIpc) is 2.96. The highest BCUT2D eigenvalue weighted by Crippen LogP contribution is 2.07. The lowest BCUT2D eigenvalue weighted by Gasteiger charge is -2.25. The fraction of sp³-hybridized carbons (Fsp3) is 0.400. The summed E-state index contributed by atoms with van der Waals surface area (Å²) in [5, 5.41) is 19.2. The maximum atomic E-state index is 12.9. The minimum Gasteiger partial charge on any atom is -0.481 e. The summed E-state index contributed by atoms with van der Waals surface area (Å²) in [7, 11) is 0. The number of alkyl carbamates (subject to hydrolysis) is 1. The molecule has 226 valence electrons. The predicted octanol–water partition coefficient (Wildman–Crippen LogP) is 1.72. The summed E-state index contributed by atoms with van der Waals surface area (Å²) in [5.74, 6) is -4.27. The summed E-state index contributed by atoms with van der Waals surface area (Å²) < 4.78 is 4.88. The van der Waals surface area contributed by atoms with E-state index in [9.17, 15) is 33.9 Å². The number of ketones is 1. The molecule has 0 aliphatic carbocycles. The number of Topliss-reactive ketones (excluding diaryl/α,β-unsaturated/α-hetero) is 1. The zero-order valence-corrected chi connectivity index (χ0v) is 23.9. The third-order valence-electron chi connectivity index (χ3n) is 6.21. The summed E-state index contributed by atoms with van der Waals surface area (Å²) in [6.07, 6.45) is -0.984. The van der Waals surface area contributed by atoms with Crippen molar-refractivity contribution in [2.75, 3.05) is 6.61 Å². The number of carbonyl (C=O) groups excluding carboxylic acids is 5. The molecule has 0 saturated heterocycles. The second-order valence-corrected chi connectivity index (χ2v) is 10.0. The molecule has 12 nitrogen and oxygen atoms in total. The van der Waals surface area contributed by atoms with Gasteiger partial charge in [0, 0.05) is 13.0 Å². The second kappa shape index (κ2) is 17.2. The summed E-state index contributed by atoms with van der Waals surface area (Å²) in [6, 6.07) is 14.8. The number of aryl methyl sites for hydroxylation is 1. The van der Waals surface area contributed by atoms with Gasteiger partial charge in [0.15, 0.2) is 12.4 Å². The van der Waals surface area contributed by atoms with Crippen molar-refractivity contribution in [2.24, 2.45) is 5.92 Å². The van der Waals surface area contributed by atoms with Gasteiger partial charge >= 0.3 is 12.1 Å². The molecule has 2 aromatic carbocycles. The van der Waals surface area contributed by atoms with Gasteiger partial charge < -0.3 is 31.1 Å². The van der Waals surface area contributed by atoms with E-state index in [4.69, 9.17) is 4.74 Å². The summed E-state index contributed by atoms with van der Waals surface area (Å²) in [6.45, 7) is 4.22. The van der Waals surface area contributed by atoms with Crippen LogP contribution in [-0.4, -0.2) is 65.4 Å². The number of carbonyl (C=O) groups is 6. The number of amides is 4. The van der Waals surface area contributed by atoms with Gasteiger partial charge in [0.05, 0.1) is 6.42 Å². The van der Waals surface area contributed by atoms with Gasteiger partial charge in [0.25, 0.3) is 0 Å². The number of nitrogens with one attached hydrogen (secondary N) is 4. The van der Waals surface area contributed by atoms with Crippen LogP contribution in [0.3, 0.4) is 0 Å². The standard InChI is InChI=1S/C30H38N4O8/c1-19(2)27(34-25(36)15-14-21-10-6-4-7-11-21)29(40)32-20(3)28(39)33-23(16-26(37)38)24(35)18-42-30(41)31-17-22-12-8-5-9-13-22/h4-13,19-20,23,27H,14-18H2,1-3H3,(H,31,41)(H,32,40)(H,33,39)(H,34,36)(H,37,38)/t20-,23?,27-/m0/s1. The quantitative estimate of drug-likeness (QED) is 0.198. The molecule has 4 amide bonds. The minimum atomic E-state index is -1.50. The Morgan fingerprint density at radius 2 is 1.38 bits per heavy atom. The Kier molecular flexibility index (Phi) is 13.7. The molecular weight excluding hydrogens is 544 g/mol. The van der Waals surface area contributed by atoms with Gasteiger partial charge in [-0.05, 0) is 30.4 Å². The maximum Gasteiger partial charge on any atom is 0.407 e. The van der Waals surface area contributed by atoms with Crippen molar-refractivity contribution in [1.29, 1.82) is 0 Å². The average molecular weight is 583 g/mol. The first-order chi connectivity index (χ1) is 20.0. The number of hydrogen-bond donors (Lipinski definition) is 5. The lowest BCUT2D eigenvalue weighted by molar-refractivity contribution is -0.141. The molecule has 3 atom stereocenters. The van der Waals surface area contributed by atoms with Crippen LogP contribution in [0.15, 0.2) is 60.7 Å². The van der Waals surface area contributed by atoms with Gasteiger partial charge in [-0.25, -0.2) is 4.79 Å². The van der Waals surface area contributed by atoms with Crippen LogP contribution in [-0.2, 0) is 41.7 Å². The number of hydrogen-bond acceptors (Lipinski definition) is 7. The van der Waals surface area contributed by atoms with E-state index in [1.54, 1.807) is 38.1 Å². The summed E-state index contributed by atoms with van der Waals surface area (Å²) >= 11 is 0. The largest absolute Gasteiger partial charge is 0.481 e. The zero-order valence-electron chi connectivity index (χ0n) is 23.9. The van der Waals surface area contributed by atoms with Crippen molar-refractivity contribution >= 4 is 35.6 Å². The molecule has 12 heteroatoms. The fourth-order valence-corrected chi connectivity index (χ4v) is 3.83. The van der Waals surface area contributed by atoms with E-state index in [-0.39, 0.29) is 24.8 Å². The van der Waals surface area contributed by atoms with Crippen LogP contribution < -0.4 is 21.3 Å². The van der Waals surface area contributed by atoms with E-state index in [1.165, 1.54) is 6.92 Å². The van der Waals surface area contributed by atoms with Crippen molar-refractivity contribution in [3.63, 3.8) is 0 Å². The summed E-state index contributed by atoms with van der Waals surface area (Å²) in [4.78, 5) is 74.1. The molecule has 0 fully saturated rings. The van der Waals surface area contributed by atoms with Gasteiger partial charge in [-0.3, -0.25) is 24.0 Å². The normalized spacial score (nSPS) is 12.8. The molecule has 2 aromatic rings. The van der Waals surface area contributed by atoms with Crippen molar-refractivity contribution < 1.29 is 38.6 Å². The van der Waals surface area contributed by atoms with Crippen LogP contribution in [0.2, 0.25) is 0 Å². The highest BCUT2D eigenvalue weighted by Gasteiger charge is 2.30. The topological polar surface area (TPSA) is 180 Å². The minimum absolute atomic E-state index is 0.158. The van der Waals surface area contributed by atoms with Crippen LogP contribution >= 0.6 is 0 Å². The molecule has 0 radical (unpaired) electrons. The molecule has 5 N–H and O–H groups in total. The molecule has 0 bridgehead atoms. The lowest BCUT2D eigenvalue weighted by Crippen LogP contribution is -2.56. The first-order valence-corrected chi connectivity index (χ1v) is 13.6.